The number of hydrogen-bond donors (Lipinski definition) is 0. The normalized spacial score (nSPS) is 12.3. The molecule has 0 N–H and O–H groups in total. The van der Waals surface area contributed by atoms with Gasteiger partial charge in [-0.15, -0.1) is 0 Å². The lowest BCUT2D eigenvalue weighted by molar-refractivity contribution is 0.670. The molecule has 1 aromatic heterocycles. The van der Waals surface area contributed by atoms with E-state index < -0.39 is 0 Å². The Kier molecular flexibility index (Phi) is 5.29. The van der Waals surface area contributed by atoms with E-state index in [0.29, 0.717) is 0 Å². The van der Waals surface area contributed by atoms with E-state index in [1.165, 1.54) is 108 Å². The van der Waals surface area contributed by atoms with Crippen molar-refractivity contribution in [1.82, 2.24) is 0 Å². The Labute approximate surface area is 292 Å². The zero-order valence-electron chi connectivity index (χ0n) is 27.6. The Morgan fingerprint density at radius 3 is 1.65 bits per heavy atom. The van der Waals surface area contributed by atoms with E-state index >= 15 is 0 Å². The summed E-state index contributed by atoms with van der Waals surface area (Å²) in [6.45, 7) is 0. The van der Waals surface area contributed by atoms with Gasteiger partial charge in [0.05, 0.1) is 0 Å². The van der Waals surface area contributed by atoms with Crippen LogP contribution in [0.25, 0.3) is 120 Å². The largest absolute Gasteiger partial charge is 0.456 e. The third-order valence-corrected chi connectivity index (χ3v) is 11.4. The van der Waals surface area contributed by atoms with Crippen LogP contribution in [0.3, 0.4) is 0 Å². The standard InChI is InChI=1S/C50H28O/c1-2-9-37-30(6-1)21-25-46-50(37)45-27-43-39-11-4-3-10-38(39)42-26-35(20-23-40(42)44(43)28-47(45)51-46)29-12-14-31(15-13-29)36-22-18-34-17-16-32-7-5-8-33-19-24-41(36)49(34)48(32)33/h1-28H. The van der Waals surface area contributed by atoms with Crippen LogP contribution in [0, 0.1) is 0 Å². The van der Waals surface area contributed by atoms with Crippen molar-refractivity contribution in [3.8, 4) is 22.3 Å². The van der Waals surface area contributed by atoms with Gasteiger partial charge in [0.2, 0.25) is 0 Å². The predicted molar refractivity (Wildman–Crippen MR) is 218 cm³/mol. The zero-order chi connectivity index (χ0) is 33.2. The van der Waals surface area contributed by atoms with E-state index in [2.05, 4.69) is 170 Å². The first-order chi connectivity index (χ1) is 25.3. The Hall–Kier alpha value is -6.70. The number of fused-ring (bicyclic) bond motifs is 11. The minimum Gasteiger partial charge on any atom is -0.456 e. The van der Waals surface area contributed by atoms with Crippen LogP contribution in [0.4, 0.5) is 0 Å². The molecule has 1 heterocycles. The lowest BCUT2D eigenvalue weighted by Gasteiger charge is -2.15. The van der Waals surface area contributed by atoms with E-state index in [0.717, 1.165) is 11.2 Å². The Balaban J connectivity index is 1.03. The minimum atomic E-state index is 0.928. The summed E-state index contributed by atoms with van der Waals surface area (Å²) < 4.78 is 6.53. The van der Waals surface area contributed by atoms with E-state index in [-0.39, 0.29) is 0 Å². The van der Waals surface area contributed by atoms with Crippen molar-refractivity contribution in [2.24, 2.45) is 0 Å². The molecular weight excluding hydrogens is 617 g/mol. The van der Waals surface area contributed by atoms with E-state index in [4.69, 9.17) is 4.42 Å². The molecule has 0 aliphatic carbocycles. The summed E-state index contributed by atoms with van der Waals surface area (Å²) in [5, 5.41) is 20.2. The number of benzene rings is 11. The molecule has 0 radical (unpaired) electrons. The summed E-state index contributed by atoms with van der Waals surface area (Å²) in [5.41, 5.74) is 6.79. The molecule has 0 bridgehead atoms. The fourth-order valence-electron chi connectivity index (χ4n) is 9.00. The second kappa shape index (κ2) is 9.94. The quantitative estimate of drug-likeness (QED) is 0.171. The summed E-state index contributed by atoms with van der Waals surface area (Å²) in [7, 11) is 0. The lowest BCUT2D eigenvalue weighted by Crippen LogP contribution is -1.88. The van der Waals surface area contributed by atoms with Gasteiger partial charge in [-0.2, -0.15) is 0 Å². The van der Waals surface area contributed by atoms with Crippen LogP contribution < -0.4 is 0 Å². The predicted octanol–water partition coefficient (Wildman–Crippen LogP) is 14.4. The van der Waals surface area contributed by atoms with Gasteiger partial charge in [0.1, 0.15) is 11.2 Å². The topological polar surface area (TPSA) is 13.1 Å². The van der Waals surface area contributed by atoms with Crippen LogP contribution >= 0.6 is 0 Å². The molecular formula is C50H28O. The molecule has 1 heteroatoms. The van der Waals surface area contributed by atoms with Crippen LogP contribution in [0.2, 0.25) is 0 Å². The van der Waals surface area contributed by atoms with Gasteiger partial charge >= 0.3 is 0 Å². The molecule has 0 spiro atoms. The SMILES string of the molecule is c1ccc2c(c1)ccc1oc3cc4c5ccc(-c6ccc(-c7ccc8ccc9cccc%10ccc7c8c9%10)cc6)cc5c5ccccc5c4cc3c12. The monoisotopic (exact) mass is 644 g/mol. The van der Waals surface area contributed by atoms with Gasteiger partial charge in [-0.1, -0.05) is 146 Å². The van der Waals surface area contributed by atoms with E-state index in [1.807, 2.05) is 0 Å². The van der Waals surface area contributed by atoms with Crippen LogP contribution in [0.15, 0.2) is 174 Å². The van der Waals surface area contributed by atoms with Gasteiger partial charge in [0.25, 0.3) is 0 Å². The molecule has 1 nitrogen and oxygen atoms in total. The van der Waals surface area contributed by atoms with Crippen LogP contribution in [-0.4, -0.2) is 0 Å². The van der Waals surface area contributed by atoms with Gasteiger partial charge in [0.15, 0.2) is 0 Å². The number of furan rings is 1. The van der Waals surface area contributed by atoms with Gasteiger partial charge in [0, 0.05) is 10.8 Å². The smallest absolute Gasteiger partial charge is 0.136 e. The lowest BCUT2D eigenvalue weighted by atomic mass is 9.89. The molecule has 0 atom stereocenters. The Morgan fingerprint density at radius 1 is 0.255 bits per heavy atom. The zero-order valence-corrected chi connectivity index (χ0v) is 27.6. The molecule has 11 aromatic carbocycles. The van der Waals surface area contributed by atoms with Crippen molar-refractivity contribution in [3.63, 3.8) is 0 Å². The van der Waals surface area contributed by atoms with Gasteiger partial charge in [-0.05, 0) is 122 Å². The van der Waals surface area contributed by atoms with Gasteiger partial charge < -0.3 is 4.42 Å². The van der Waals surface area contributed by atoms with Crippen molar-refractivity contribution >= 4 is 97.3 Å². The van der Waals surface area contributed by atoms with Crippen LogP contribution in [0.1, 0.15) is 0 Å². The minimum absolute atomic E-state index is 0.928. The molecule has 0 aliphatic heterocycles. The molecule has 0 saturated carbocycles. The molecule has 0 fully saturated rings. The first kappa shape index (κ1) is 27.2. The van der Waals surface area contributed by atoms with Crippen molar-refractivity contribution in [2.75, 3.05) is 0 Å². The summed E-state index contributed by atoms with van der Waals surface area (Å²) in [4.78, 5) is 0. The maximum absolute atomic E-state index is 6.53. The first-order valence-corrected chi connectivity index (χ1v) is 17.7. The molecule has 234 valence electrons. The van der Waals surface area contributed by atoms with Crippen molar-refractivity contribution < 1.29 is 4.42 Å². The maximum Gasteiger partial charge on any atom is 0.136 e. The molecule has 0 amide bonds. The fourth-order valence-corrected chi connectivity index (χ4v) is 9.00. The van der Waals surface area contributed by atoms with Crippen molar-refractivity contribution in [1.29, 1.82) is 0 Å². The summed E-state index contributed by atoms with van der Waals surface area (Å²) >= 11 is 0. The average molecular weight is 645 g/mol. The highest BCUT2D eigenvalue weighted by molar-refractivity contribution is 6.30. The number of rotatable bonds is 2. The summed E-state index contributed by atoms with van der Waals surface area (Å²) in [5.74, 6) is 0. The third kappa shape index (κ3) is 3.75. The van der Waals surface area contributed by atoms with Crippen molar-refractivity contribution in [2.45, 2.75) is 0 Å². The Morgan fingerprint density at radius 2 is 0.824 bits per heavy atom. The van der Waals surface area contributed by atoms with Gasteiger partial charge in [-0.3, -0.25) is 0 Å². The van der Waals surface area contributed by atoms with Crippen LogP contribution in [-0.2, 0) is 0 Å². The fraction of sp³-hybridized carbons (Fsp3) is 0. The first-order valence-electron chi connectivity index (χ1n) is 17.7. The molecule has 51 heavy (non-hydrogen) atoms. The molecule has 0 aliphatic rings. The van der Waals surface area contributed by atoms with Crippen molar-refractivity contribution in [3.05, 3.63) is 170 Å². The highest BCUT2D eigenvalue weighted by atomic mass is 16.3. The molecule has 0 unspecified atom stereocenters. The average Bonchev–Trinajstić information content (AvgIpc) is 3.57. The summed E-state index contributed by atoms with van der Waals surface area (Å²) in [6, 6.07) is 62.6. The maximum atomic E-state index is 6.53. The van der Waals surface area contributed by atoms with Crippen LogP contribution in [0.5, 0.6) is 0 Å². The van der Waals surface area contributed by atoms with Gasteiger partial charge in [-0.25, -0.2) is 0 Å². The second-order valence-corrected chi connectivity index (χ2v) is 14.0. The number of hydrogen-bond acceptors (Lipinski definition) is 1. The summed E-state index contributed by atoms with van der Waals surface area (Å²) in [6.07, 6.45) is 0. The molecule has 0 saturated heterocycles. The van der Waals surface area contributed by atoms with E-state index in [9.17, 15) is 0 Å². The third-order valence-electron chi connectivity index (χ3n) is 11.4. The highest BCUT2D eigenvalue weighted by Gasteiger charge is 2.17. The second-order valence-electron chi connectivity index (χ2n) is 14.0. The highest BCUT2D eigenvalue weighted by Crippen LogP contribution is 2.43. The Bertz CT molecular complexity index is 3380. The molecule has 12 rings (SSSR count). The molecule has 12 aromatic rings. The van der Waals surface area contributed by atoms with E-state index in [1.54, 1.807) is 0 Å².